The van der Waals surface area contributed by atoms with E-state index in [1.165, 1.54) is 17.0 Å². The zero-order valence-electron chi connectivity index (χ0n) is 14.0. The second-order valence-corrected chi connectivity index (χ2v) is 7.46. The number of amides is 1. The molecule has 0 saturated heterocycles. The molecule has 3 aromatic rings. The average Bonchev–Trinajstić information content (AvgIpc) is 3.12. The molecule has 2 aromatic heterocycles. The van der Waals surface area contributed by atoms with Crippen molar-refractivity contribution in [3.05, 3.63) is 62.6 Å². The Bertz CT molecular complexity index is 974. The largest absolute Gasteiger partial charge is 0.455 e. The van der Waals surface area contributed by atoms with E-state index in [9.17, 15) is 9.18 Å². The Morgan fingerprint density at radius 3 is 3.00 bits per heavy atom. The van der Waals surface area contributed by atoms with E-state index in [4.69, 9.17) is 4.42 Å². The fourth-order valence-electron chi connectivity index (χ4n) is 3.25. The summed E-state index contributed by atoms with van der Waals surface area (Å²) in [5.74, 6) is 0.540. The molecule has 4 rings (SSSR count). The van der Waals surface area contributed by atoms with Gasteiger partial charge in [0.05, 0.1) is 10.7 Å². The van der Waals surface area contributed by atoms with Crippen molar-refractivity contribution in [3.63, 3.8) is 0 Å². The van der Waals surface area contributed by atoms with Crippen LogP contribution in [-0.2, 0) is 19.4 Å². The van der Waals surface area contributed by atoms with Gasteiger partial charge in [-0.25, -0.2) is 9.37 Å². The second kappa shape index (κ2) is 6.11. The lowest BCUT2D eigenvalue weighted by molar-refractivity contribution is 0.0920. The number of aromatic nitrogens is 1. The molecule has 2 heterocycles. The highest BCUT2D eigenvalue weighted by Gasteiger charge is 2.29. The van der Waals surface area contributed by atoms with Crippen LogP contribution in [-0.4, -0.2) is 10.9 Å². The highest BCUT2D eigenvalue weighted by Crippen LogP contribution is 2.40. The lowest BCUT2D eigenvalue weighted by Gasteiger charge is -2.09. The van der Waals surface area contributed by atoms with Gasteiger partial charge in [0, 0.05) is 29.0 Å². The number of benzene rings is 1. The third-order valence-electron chi connectivity index (χ3n) is 4.39. The van der Waals surface area contributed by atoms with Crippen molar-refractivity contribution in [2.75, 3.05) is 0 Å². The van der Waals surface area contributed by atoms with Crippen molar-refractivity contribution in [3.8, 4) is 11.3 Å². The molecule has 1 amide bonds. The summed E-state index contributed by atoms with van der Waals surface area (Å²) in [5.41, 5.74) is 3.44. The first-order valence-electron chi connectivity index (χ1n) is 8.14. The first-order chi connectivity index (χ1) is 12.0. The SMILES string of the molecule is Cc1nc2c(s1)CCc1oc(C(=O)NCc3cccc(F)c3)c(C)c1-2. The van der Waals surface area contributed by atoms with Crippen LogP contribution in [0.3, 0.4) is 0 Å². The quantitative estimate of drug-likeness (QED) is 0.766. The fraction of sp³-hybridized carbons (Fsp3) is 0.263. The lowest BCUT2D eigenvalue weighted by atomic mass is 9.97. The summed E-state index contributed by atoms with van der Waals surface area (Å²) in [6, 6.07) is 6.18. The van der Waals surface area contributed by atoms with E-state index in [1.807, 2.05) is 13.8 Å². The predicted molar refractivity (Wildman–Crippen MR) is 94.3 cm³/mol. The minimum atomic E-state index is -0.317. The summed E-state index contributed by atoms with van der Waals surface area (Å²) < 4.78 is 19.1. The van der Waals surface area contributed by atoms with Crippen molar-refractivity contribution in [2.45, 2.75) is 33.2 Å². The number of halogens is 1. The van der Waals surface area contributed by atoms with Crippen LogP contribution >= 0.6 is 11.3 Å². The predicted octanol–water partition coefficient (Wildman–Crippen LogP) is 4.19. The molecule has 0 spiro atoms. The molecule has 1 N–H and O–H groups in total. The van der Waals surface area contributed by atoms with Gasteiger partial charge in [-0.1, -0.05) is 12.1 Å². The number of nitrogens with zero attached hydrogens (tertiary/aromatic N) is 1. The molecule has 1 aliphatic rings. The number of thiazole rings is 1. The maximum Gasteiger partial charge on any atom is 0.287 e. The van der Waals surface area contributed by atoms with Crippen LogP contribution in [0.2, 0.25) is 0 Å². The Morgan fingerprint density at radius 1 is 1.36 bits per heavy atom. The van der Waals surface area contributed by atoms with Gasteiger partial charge in [-0.05, 0) is 38.0 Å². The highest BCUT2D eigenvalue weighted by atomic mass is 32.1. The van der Waals surface area contributed by atoms with Crippen molar-refractivity contribution in [1.82, 2.24) is 10.3 Å². The number of carbonyl (C=O) groups is 1. The average molecular weight is 356 g/mol. The van der Waals surface area contributed by atoms with Gasteiger partial charge in [-0.15, -0.1) is 11.3 Å². The van der Waals surface area contributed by atoms with Crippen molar-refractivity contribution in [2.24, 2.45) is 0 Å². The highest BCUT2D eigenvalue weighted by molar-refractivity contribution is 7.12. The van der Waals surface area contributed by atoms with E-state index < -0.39 is 0 Å². The molecule has 1 aliphatic carbocycles. The number of furan rings is 1. The number of nitrogens with one attached hydrogen (secondary N) is 1. The maximum absolute atomic E-state index is 13.2. The standard InChI is InChI=1S/C19H17FN2O2S/c1-10-16-14(6-7-15-17(16)22-11(2)25-15)24-18(10)19(23)21-9-12-4-3-5-13(20)8-12/h3-5,8H,6-7,9H2,1-2H3,(H,21,23). The second-order valence-electron chi connectivity index (χ2n) is 6.17. The van der Waals surface area contributed by atoms with E-state index >= 15 is 0 Å². The Hall–Kier alpha value is -2.47. The molecule has 0 radical (unpaired) electrons. The normalized spacial score (nSPS) is 12.6. The number of rotatable bonds is 3. The van der Waals surface area contributed by atoms with E-state index in [1.54, 1.807) is 23.5 Å². The topological polar surface area (TPSA) is 55.1 Å². The van der Waals surface area contributed by atoms with Gasteiger partial charge in [0.2, 0.25) is 0 Å². The summed E-state index contributed by atoms with van der Waals surface area (Å²) in [5, 5.41) is 3.83. The summed E-state index contributed by atoms with van der Waals surface area (Å²) in [6.45, 7) is 4.14. The summed E-state index contributed by atoms with van der Waals surface area (Å²) >= 11 is 1.70. The zero-order valence-corrected chi connectivity index (χ0v) is 14.8. The van der Waals surface area contributed by atoms with Gasteiger partial charge in [0.15, 0.2) is 5.76 Å². The van der Waals surface area contributed by atoms with Crippen LogP contribution in [0.25, 0.3) is 11.3 Å². The molecule has 25 heavy (non-hydrogen) atoms. The van der Waals surface area contributed by atoms with Crippen LogP contribution in [0.15, 0.2) is 28.7 Å². The van der Waals surface area contributed by atoms with Crippen molar-refractivity contribution < 1.29 is 13.6 Å². The molecule has 0 fully saturated rings. The molecule has 0 saturated carbocycles. The molecule has 0 atom stereocenters. The molecule has 6 heteroatoms. The van der Waals surface area contributed by atoms with Gasteiger partial charge in [0.25, 0.3) is 5.91 Å². The van der Waals surface area contributed by atoms with Gasteiger partial charge in [-0.2, -0.15) is 0 Å². The van der Waals surface area contributed by atoms with E-state index in [0.29, 0.717) is 11.3 Å². The molecule has 0 aliphatic heterocycles. The molecule has 0 unspecified atom stereocenters. The zero-order chi connectivity index (χ0) is 17.6. The van der Waals surface area contributed by atoms with Crippen LogP contribution < -0.4 is 5.32 Å². The minimum Gasteiger partial charge on any atom is -0.455 e. The Balaban J connectivity index is 1.60. The number of fused-ring (bicyclic) bond motifs is 3. The smallest absolute Gasteiger partial charge is 0.287 e. The third kappa shape index (κ3) is 2.87. The van der Waals surface area contributed by atoms with E-state index in [0.717, 1.165) is 40.4 Å². The molecular formula is C19H17FN2O2S. The summed E-state index contributed by atoms with van der Waals surface area (Å²) in [6.07, 6.45) is 1.67. The number of carbonyl (C=O) groups excluding carboxylic acids is 1. The van der Waals surface area contributed by atoms with Crippen molar-refractivity contribution >= 4 is 17.2 Å². The van der Waals surface area contributed by atoms with Crippen LogP contribution in [0, 0.1) is 19.7 Å². The van der Waals surface area contributed by atoms with Crippen LogP contribution in [0.5, 0.6) is 0 Å². The molecule has 1 aromatic carbocycles. The Labute approximate surface area is 148 Å². The van der Waals surface area contributed by atoms with E-state index in [-0.39, 0.29) is 18.3 Å². The Morgan fingerprint density at radius 2 is 2.20 bits per heavy atom. The number of hydrogen-bond acceptors (Lipinski definition) is 4. The first kappa shape index (κ1) is 16.0. The van der Waals surface area contributed by atoms with Gasteiger partial charge >= 0.3 is 0 Å². The third-order valence-corrected chi connectivity index (χ3v) is 5.42. The Kier molecular flexibility index (Phi) is 3.92. The fourth-order valence-corrected chi connectivity index (χ4v) is 4.19. The molecular weight excluding hydrogens is 339 g/mol. The first-order valence-corrected chi connectivity index (χ1v) is 8.96. The lowest BCUT2D eigenvalue weighted by Crippen LogP contribution is -2.23. The summed E-state index contributed by atoms with van der Waals surface area (Å²) in [7, 11) is 0. The van der Waals surface area contributed by atoms with Crippen LogP contribution in [0.1, 0.15) is 37.3 Å². The van der Waals surface area contributed by atoms with E-state index in [2.05, 4.69) is 10.3 Å². The number of aryl methyl sites for hydroxylation is 3. The maximum atomic E-state index is 13.2. The van der Waals surface area contributed by atoms with Gasteiger partial charge in [-0.3, -0.25) is 4.79 Å². The minimum absolute atomic E-state index is 0.252. The van der Waals surface area contributed by atoms with Crippen molar-refractivity contribution in [1.29, 1.82) is 0 Å². The molecule has 0 bridgehead atoms. The monoisotopic (exact) mass is 356 g/mol. The summed E-state index contributed by atoms with van der Waals surface area (Å²) in [4.78, 5) is 18.4. The van der Waals surface area contributed by atoms with Crippen LogP contribution in [0.4, 0.5) is 4.39 Å². The number of hydrogen-bond donors (Lipinski definition) is 1. The van der Waals surface area contributed by atoms with Gasteiger partial charge < -0.3 is 9.73 Å². The molecule has 4 nitrogen and oxygen atoms in total. The molecule has 128 valence electrons. The van der Waals surface area contributed by atoms with Gasteiger partial charge in [0.1, 0.15) is 11.6 Å².